The Labute approximate surface area is 50.3 Å². The van der Waals surface area contributed by atoms with Gasteiger partial charge in [0.05, 0.1) is 0 Å². The lowest BCUT2D eigenvalue weighted by Gasteiger charge is -1.80. The topological polar surface area (TPSA) is 55.1 Å². The van der Waals surface area contributed by atoms with Crippen molar-refractivity contribution in [1.82, 2.24) is 5.32 Å². The van der Waals surface area contributed by atoms with Crippen molar-refractivity contribution in [1.29, 1.82) is 0 Å². The van der Waals surface area contributed by atoms with E-state index in [1.54, 1.807) is 7.05 Å². The number of amides is 1. The summed E-state index contributed by atoms with van der Waals surface area (Å²) in [5.41, 5.74) is 4.85. The molecular formula is C5H14N2O. The fourth-order valence-corrected chi connectivity index (χ4v) is 0. The van der Waals surface area contributed by atoms with Gasteiger partial charge in [-0.3, -0.25) is 4.79 Å². The maximum Gasteiger partial charge on any atom is 0.216 e. The number of nitrogens with two attached hydrogens (primary N) is 1. The zero-order valence-electron chi connectivity index (χ0n) is 5.69. The molecule has 0 aromatic heterocycles. The molecule has 0 saturated heterocycles. The summed E-state index contributed by atoms with van der Waals surface area (Å²) in [4.78, 5) is 9.70. The van der Waals surface area contributed by atoms with Crippen LogP contribution in [0.4, 0.5) is 0 Å². The molecule has 0 aliphatic rings. The molecule has 0 heterocycles. The third-order valence-corrected chi connectivity index (χ3v) is 0.352. The monoisotopic (exact) mass is 118 g/mol. The van der Waals surface area contributed by atoms with Gasteiger partial charge < -0.3 is 11.1 Å². The maximum atomic E-state index is 9.70. The first-order valence-corrected chi connectivity index (χ1v) is 2.57. The molecule has 8 heavy (non-hydrogen) atoms. The second kappa shape index (κ2) is 9.66. The number of hydrogen-bond donors (Lipinski definition) is 2. The van der Waals surface area contributed by atoms with Crippen LogP contribution in [0.5, 0.6) is 0 Å². The molecule has 50 valence electrons. The molecule has 0 aromatic rings. The Bertz CT molecular complexity index is 54.4. The normalized spacial score (nSPS) is 6.50. The van der Waals surface area contributed by atoms with Crippen LogP contribution in [0.15, 0.2) is 0 Å². The van der Waals surface area contributed by atoms with Crippen molar-refractivity contribution < 1.29 is 4.79 Å². The quantitative estimate of drug-likeness (QED) is 0.459. The number of nitrogens with one attached hydrogen (secondary N) is 1. The third kappa shape index (κ3) is 52.1. The van der Waals surface area contributed by atoms with Gasteiger partial charge in [0.2, 0.25) is 5.91 Å². The molecule has 0 bridgehead atoms. The summed E-state index contributed by atoms with van der Waals surface area (Å²) in [6, 6.07) is 0. The van der Waals surface area contributed by atoms with E-state index in [-0.39, 0.29) is 5.91 Å². The minimum atomic E-state index is 0.00463. The number of rotatable bonds is 0. The smallest absolute Gasteiger partial charge is 0.216 e. The zero-order valence-corrected chi connectivity index (χ0v) is 5.69. The van der Waals surface area contributed by atoms with Crippen molar-refractivity contribution in [2.45, 2.75) is 13.8 Å². The number of hydrogen-bond acceptors (Lipinski definition) is 2. The van der Waals surface area contributed by atoms with E-state index in [0.29, 0.717) is 0 Å². The van der Waals surface area contributed by atoms with Crippen LogP contribution in [-0.2, 0) is 4.79 Å². The Kier molecular flexibility index (Phi) is 12.6. The van der Waals surface area contributed by atoms with E-state index in [2.05, 4.69) is 5.32 Å². The van der Waals surface area contributed by atoms with Gasteiger partial charge in [-0.1, -0.05) is 6.92 Å². The van der Waals surface area contributed by atoms with E-state index in [1.807, 2.05) is 6.92 Å². The summed E-state index contributed by atoms with van der Waals surface area (Å²) in [5.74, 6) is 0.00463. The van der Waals surface area contributed by atoms with E-state index >= 15 is 0 Å². The van der Waals surface area contributed by atoms with Crippen LogP contribution in [0.2, 0.25) is 0 Å². The molecule has 3 nitrogen and oxygen atoms in total. The van der Waals surface area contributed by atoms with Crippen LogP contribution in [0, 0.1) is 0 Å². The highest BCUT2D eigenvalue weighted by atomic mass is 16.1. The predicted octanol–water partition coefficient (Wildman–Crippen LogP) is -0.283. The summed E-state index contributed by atoms with van der Waals surface area (Å²) >= 11 is 0. The first-order valence-electron chi connectivity index (χ1n) is 2.57. The Morgan fingerprint density at radius 3 is 1.88 bits per heavy atom. The van der Waals surface area contributed by atoms with Crippen molar-refractivity contribution >= 4 is 5.91 Å². The molecule has 1 amide bonds. The second-order valence-electron chi connectivity index (χ2n) is 1.21. The summed E-state index contributed by atoms with van der Waals surface area (Å²) in [7, 11) is 1.60. The van der Waals surface area contributed by atoms with E-state index < -0.39 is 0 Å². The van der Waals surface area contributed by atoms with Crippen LogP contribution < -0.4 is 11.1 Å². The number of carbonyl (C=O) groups is 1. The van der Waals surface area contributed by atoms with Gasteiger partial charge in [-0.15, -0.1) is 0 Å². The lowest BCUT2D eigenvalue weighted by atomic mass is 10.7. The zero-order chi connectivity index (χ0) is 6.99. The van der Waals surface area contributed by atoms with Crippen LogP contribution in [0.3, 0.4) is 0 Å². The summed E-state index contributed by atoms with van der Waals surface area (Å²) in [6.45, 7) is 4.12. The van der Waals surface area contributed by atoms with Crippen LogP contribution >= 0.6 is 0 Å². The van der Waals surface area contributed by atoms with Crippen molar-refractivity contribution in [3.05, 3.63) is 0 Å². The van der Waals surface area contributed by atoms with Gasteiger partial charge in [-0.2, -0.15) is 0 Å². The molecule has 0 radical (unpaired) electrons. The molecular weight excluding hydrogens is 104 g/mol. The Hall–Kier alpha value is -0.570. The van der Waals surface area contributed by atoms with Gasteiger partial charge in [0.25, 0.3) is 0 Å². The van der Waals surface area contributed by atoms with Gasteiger partial charge in [0, 0.05) is 14.0 Å². The molecule has 0 aromatic carbocycles. The first kappa shape index (κ1) is 10.4. The average Bonchev–Trinajstić information content (AvgIpc) is 1.69. The molecule has 0 spiro atoms. The van der Waals surface area contributed by atoms with Crippen LogP contribution in [0.1, 0.15) is 13.8 Å². The molecule has 0 unspecified atom stereocenters. The van der Waals surface area contributed by atoms with Gasteiger partial charge in [-0.05, 0) is 6.54 Å². The lowest BCUT2D eigenvalue weighted by Crippen LogP contribution is -2.11. The molecule has 0 rings (SSSR count). The van der Waals surface area contributed by atoms with E-state index in [4.69, 9.17) is 5.73 Å². The summed E-state index contributed by atoms with van der Waals surface area (Å²) in [5, 5.41) is 2.39. The predicted molar refractivity (Wildman–Crippen MR) is 34.5 cm³/mol. The van der Waals surface area contributed by atoms with Gasteiger partial charge in [0.1, 0.15) is 0 Å². The summed E-state index contributed by atoms with van der Waals surface area (Å²) in [6.07, 6.45) is 0. The second-order valence-corrected chi connectivity index (χ2v) is 1.21. The molecule has 3 N–H and O–H groups in total. The van der Waals surface area contributed by atoms with Gasteiger partial charge in [0.15, 0.2) is 0 Å². The minimum Gasteiger partial charge on any atom is -0.359 e. The van der Waals surface area contributed by atoms with Crippen LogP contribution in [0.25, 0.3) is 0 Å². The molecule has 0 aliphatic heterocycles. The Morgan fingerprint density at radius 1 is 1.75 bits per heavy atom. The minimum absolute atomic E-state index is 0.00463. The van der Waals surface area contributed by atoms with Crippen molar-refractivity contribution in [3.8, 4) is 0 Å². The van der Waals surface area contributed by atoms with E-state index in [9.17, 15) is 4.79 Å². The molecule has 0 fully saturated rings. The summed E-state index contributed by atoms with van der Waals surface area (Å²) < 4.78 is 0. The van der Waals surface area contributed by atoms with E-state index in [0.717, 1.165) is 6.54 Å². The van der Waals surface area contributed by atoms with Crippen molar-refractivity contribution in [2.24, 2.45) is 5.73 Å². The van der Waals surface area contributed by atoms with E-state index in [1.165, 1.54) is 6.92 Å². The molecule has 0 saturated carbocycles. The van der Waals surface area contributed by atoms with Crippen molar-refractivity contribution in [2.75, 3.05) is 13.6 Å². The molecule has 0 atom stereocenters. The highest BCUT2D eigenvalue weighted by Gasteiger charge is 1.72. The van der Waals surface area contributed by atoms with Gasteiger partial charge in [-0.25, -0.2) is 0 Å². The molecule has 3 heteroatoms. The SMILES string of the molecule is CCN.CNC(C)=O. The van der Waals surface area contributed by atoms with Crippen molar-refractivity contribution in [3.63, 3.8) is 0 Å². The maximum absolute atomic E-state index is 9.70. The highest BCUT2D eigenvalue weighted by Crippen LogP contribution is 1.45. The molecule has 0 aliphatic carbocycles. The standard InChI is InChI=1S/C3H7NO.C2H7N/c1-3(5)4-2;1-2-3/h1-2H3,(H,4,5);2-3H2,1H3. The lowest BCUT2D eigenvalue weighted by molar-refractivity contribution is -0.118. The first-order chi connectivity index (χ1) is 3.68. The fourth-order valence-electron chi connectivity index (χ4n) is 0. The largest absolute Gasteiger partial charge is 0.359 e. The Balaban J connectivity index is 0. The average molecular weight is 118 g/mol. The highest BCUT2D eigenvalue weighted by molar-refractivity contribution is 5.72. The van der Waals surface area contributed by atoms with Crippen LogP contribution in [-0.4, -0.2) is 19.5 Å². The third-order valence-electron chi connectivity index (χ3n) is 0.352. The van der Waals surface area contributed by atoms with Gasteiger partial charge >= 0.3 is 0 Å². The fraction of sp³-hybridized carbons (Fsp3) is 0.800. The Morgan fingerprint density at radius 2 is 1.88 bits per heavy atom. The number of carbonyl (C=O) groups excluding carboxylic acids is 1.